The maximum Gasteiger partial charge on any atom is 0.254 e. The van der Waals surface area contributed by atoms with Gasteiger partial charge in [-0.05, 0) is 38.5 Å². The first kappa shape index (κ1) is 14.2. The molecular weight excluding hydrogens is 282 g/mol. The Morgan fingerprint density at radius 1 is 1.47 bits per heavy atom. The monoisotopic (exact) mass is 299 g/mol. The van der Waals surface area contributed by atoms with E-state index in [1.54, 1.807) is 4.90 Å². The van der Waals surface area contributed by atoms with Crippen molar-refractivity contribution in [2.45, 2.75) is 26.8 Å². The van der Waals surface area contributed by atoms with Gasteiger partial charge in [-0.25, -0.2) is 0 Å². The maximum absolute atomic E-state index is 12.3. The number of hydrogen-bond donors (Lipinski definition) is 1. The molecular formula is C13H18BrNO2. The second-order valence-corrected chi connectivity index (χ2v) is 5.19. The SMILES string of the molecule is Cc1ccc(Br)cc1C(=O)N(CCO)C(C)C. The molecule has 0 aliphatic heterocycles. The summed E-state index contributed by atoms with van der Waals surface area (Å²) < 4.78 is 0.888. The quantitative estimate of drug-likeness (QED) is 0.928. The van der Waals surface area contributed by atoms with Gasteiger partial charge in [0, 0.05) is 22.6 Å². The Kier molecular flexibility index (Phi) is 5.15. The average Bonchev–Trinajstić information content (AvgIpc) is 2.28. The number of aryl methyl sites for hydroxylation is 1. The summed E-state index contributed by atoms with van der Waals surface area (Å²) in [7, 11) is 0. The minimum absolute atomic E-state index is 0.0169. The number of benzene rings is 1. The van der Waals surface area contributed by atoms with Crippen LogP contribution in [0.2, 0.25) is 0 Å². The molecule has 0 aliphatic carbocycles. The minimum Gasteiger partial charge on any atom is -0.395 e. The van der Waals surface area contributed by atoms with Crippen molar-refractivity contribution in [2.24, 2.45) is 0 Å². The Labute approximate surface area is 111 Å². The van der Waals surface area contributed by atoms with Crippen molar-refractivity contribution < 1.29 is 9.90 Å². The predicted molar refractivity (Wildman–Crippen MR) is 72.1 cm³/mol. The highest BCUT2D eigenvalue weighted by Gasteiger charge is 2.19. The van der Waals surface area contributed by atoms with Gasteiger partial charge in [0.15, 0.2) is 0 Å². The van der Waals surface area contributed by atoms with Gasteiger partial charge >= 0.3 is 0 Å². The van der Waals surface area contributed by atoms with Gasteiger partial charge in [-0.3, -0.25) is 4.79 Å². The Hall–Kier alpha value is -0.870. The molecule has 0 heterocycles. The number of nitrogens with zero attached hydrogens (tertiary/aromatic N) is 1. The summed E-state index contributed by atoms with van der Waals surface area (Å²) in [6, 6.07) is 5.73. The molecule has 1 N–H and O–H groups in total. The number of halogens is 1. The summed E-state index contributed by atoms with van der Waals surface area (Å²) >= 11 is 3.37. The van der Waals surface area contributed by atoms with E-state index in [4.69, 9.17) is 5.11 Å². The van der Waals surface area contributed by atoms with Gasteiger partial charge in [-0.1, -0.05) is 22.0 Å². The van der Waals surface area contributed by atoms with E-state index in [0.29, 0.717) is 12.1 Å². The molecule has 1 aromatic rings. The summed E-state index contributed by atoms with van der Waals surface area (Å²) in [4.78, 5) is 14.0. The maximum atomic E-state index is 12.3. The van der Waals surface area contributed by atoms with Gasteiger partial charge in [0.05, 0.1) is 6.61 Å². The molecule has 0 atom stereocenters. The van der Waals surface area contributed by atoms with Gasteiger partial charge in [0.1, 0.15) is 0 Å². The molecule has 4 heteroatoms. The number of amides is 1. The molecule has 0 radical (unpaired) electrons. The van der Waals surface area contributed by atoms with E-state index in [1.807, 2.05) is 39.0 Å². The Balaban J connectivity index is 3.04. The topological polar surface area (TPSA) is 40.5 Å². The number of carbonyl (C=O) groups is 1. The van der Waals surface area contributed by atoms with Crippen LogP contribution in [0.15, 0.2) is 22.7 Å². The summed E-state index contributed by atoms with van der Waals surface area (Å²) in [5, 5.41) is 9.00. The molecule has 0 saturated heterocycles. The van der Waals surface area contributed by atoms with E-state index in [0.717, 1.165) is 10.0 Å². The highest BCUT2D eigenvalue weighted by atomic mass is 79.9. The van der Waals surface area contributed by atoms with Crippen molar-refractivity contribution in [3.05, 3.63) is 33.8 Å². The fourth-order valence-electron chi connectivity index (χ4n) is 1.68. The summed E-state index contributed by atoms with van der Waals surface area (Å²) in [6.45, 7) is 6.15. The van der Waals surface area contributed by atoms with Gasteiger partial charge < -0.3 is 10.0 Å². The molecule has 1 aromatic carbocycles. The van der Waals surface area contributed by atoms with E-state index in [-0.39, 0.29) is 18.6 Å². The number of aliphatic hydroxyl groups excluding tert-OH is 1. The van der Waals surface area contributed by atoms with Crippen molar-refractivity contribution in [3.63, 3.8) is 0 Å². The van der Waals surface area contributed by atoms with Crippen molar-refractivity contribution in [1.82, 2.24) is 4.90 Å². The summed E-state index contributed by atoms with van der Waals surface area (Å²) in [5.74, 6) is -0.0344. The van der Waals surface area contributed by atoms with Crippen LogP contribution in [0.25, 0.3) is 0 Å². The van der Waals surface area contributed by atoms with Gasteiger partial charge in [-0.15, -0.1) is 0 Å². The van der Waals surface area contributed by atoms with Crippen LogP contribution in [0.4, 0.5) is 0 Å². The lowest BCUT2D eigenvalue weighted by molar-refractivity contribution is 0.0664. The Morgan fingerprint density at radius 2 is 2.12 bits per heavy atom. The normalized spacial score (nSPS) is 10.7. The number of carbonyl (C=O) groups excluding carboxylic acids is 1. The van der Waals surface area contributed by atoms with Crippen molar-refractivity contribution >= 4 is 21.8 Å². The van der Waals surface area contributed by atoms with Crippen LogP contribution in [0.5, 0.6) is 0 Å². The zero-order valence-electron chi connectivity index (χ0n) is 10.4. The van der Waals surface area contributed by atoms with E-state index in [9.17, 15) is 4.79 Å². The molecule has 0 unspecified atom stereocenters. The molecule has 0 fully saturated rings. The van der Waals surface area contributed by atoms with Crippen LogP contribution in [-0.2, 0) is 0 Å². The zero-order valence-corrected chi connectivity index (χ0v) is 12.0. The highest BCUT2D eigenvalue weighted by Crippen LogP contribution is 2.18. The molecule has 0 bridgehead atoms. The van der Waals surface area contributed by atoms with Crippen LogP contribution in [-0.4, -0.2) is 35.1 Å². The standard InChI is InChI=1S/C13H18BrNO2/c1-9(2)15(6-7-16)13(17)12-8-11(14)5-4-10(12)3/h4-5,8-9,16H,6-7H2,1-3H3. The van der Waals surface area contributed by atoms with E-state index in [1.165, 1.54) is 0 Å². The van der Waals surface area contributed by atoms with Crippen molar-refractivity contribution in [3.8, 4) is 0 Å². The predicted octanol–water partition coefficient (Wildman–Crippen LogP) is 2.60. The largest absolute Gasteiger partial charge is 0.395 e. The third-order valence-corrected chi connectivity index (χ3v) is 3.15. The average molecular weight is 300 g/mol. The van der Waals surface area contributed by atoms with Crippen LogP contribution < -0.4 is 0 Å². The molecule has 94 valence electrons. The Bertz CT molecular complexity index is 404. The molecule has 1 rings (SSSR count). The molecule has 1 amide bonds. The number of rotatable bonds is 4. The molecule has 0 spiro atoms. The first-order valence-electron chi connectivity index (χ1n) is 5.65. The third kappa shape index (κ3) is 3.54. The van der Waals surface area contributed by atoms with E-state index in [2.05, 4.69) is 15.9 Å². The van der Waals surface area contributed by atoms with Crippen LogP contribution in [0.1, 0.15) is 29.8 Å². The van der Waals surface area contributed by atoms with E-state index < -0.39 is 0 Å². The second-order valence-electron chi connectivity index (χ2n) is 4.28. The van der Waals surface area contributed by atoms with Gasteiger partial charge in [0.2, 0.25) is 0 Å². The Morgan fingerprint density at radius 3 is 2.65 bits per heavy atom. The van der Waals surface area contributed by atoms with Crippen LogP contribution >= 0.6 is 15.9 Å². The van der Waals surface area contributed by atoms with Gasteiger partial charge in [-0.2, -0.15) is 0 Å². The fourth-order valence-corrected chi connectivity index (χ4v) is 2.04. The molecule has 17 heavy (non-hydrogen) atoms. The first-order valence-corrected chi connectivity index (χ1v) is 6.44. The highest BCUT2D eigenvalue weighted by molar-refractivity contribution is 9.10. The second kappa shape index (κ2) is 6.17. The molecule has 3 nitrogen and oxygen atoms in total. The zero-order chi connectivity index (χ0) is 13.0. The smallest absolute Gasteiger partial charge is 0.254 e. The molecule has 0 aliphatic rings. The first-order chi connectivity index (χ1) is 7.97. The molecule has 0 saturated carbocycles. The van der Waals surface area contributed by atoms with Crippen molar-refractivity contribution in [2.75, 3.05) is 13.2 Å². The lowest BCUT2D eigenvalue weighted by Crippen LogP contribution is -2.39. The minimum atomic E-state index is -0.0344. The van der Waals surface area contributed by atoms with Crippen molar-refractivity contribution in [1.29, 1.82) is 0 Å². The summed E-state index contributed by atoms with van der Waals surface area (Å²) in [6.07, 6.45) is 0. The lowest BCUT2D eigenvalue weighted by atomic mass is 10.1. The van der Waals surface area contributed by atoms with Gasteiger partial charge in [0.25, 0.3) is 5.91 Å². The lowest BCUT2D eigenvalue weighted by Gasteiger charge is -2.26. The number of aliphatic hydroxyl groups is 1. The van der Waals surface area contributed by atoms with Crippen LogP contribution in [0, 0.1) is 6.92 Å². The van der Waals surface area contributed by atoms with Crippen LogP contribution in [0.3, 0.4) is 0 Å². The van der Waals surface area contributed by atoms with E-state index >= 15 is 0 Å². The summed E-state index contributed by atoms with van der Waals surface area (Å²) in [5.41, 5.74) is 1.63. The fraction of sp³-hybridized carbons (Fsp3) is 0.462. The number of hydrogen-bond acceptors (Lipinski definition) is 2. The molecule has 0 aromatic heterocycles. The third-order valence-electron chi connectivity index (χ3n) is 2.66.